The van der Waals surface area contributed by atoms with E-state index in [0.29, 0.717) is 17.4 Å². The molecule has 1 amide bonds. The minimum absolute atomic E-state index is 0.192. The van der Waals surface area contributed by atoms with Crippen molar-refractivity contribution in [3.8, 4) is 0 Å². The van der Waals surface area contributed by atoms with E-state index in [1.54, 1.807) is 6.07 Å². The second-order valence-corrected chi connectivity index (χ2v) is 6.36. The molecule has 1 aromatic carbocycles. The average Bonchev–Trinajstić information content (AvgIpc) is 3.15. The molecule has 1 aliphatic carbocycles. The SMILES string of the molecule is NC1(c2noc(C3CC(=O)Nc4cc(F)ccc43)n2)CCCC1. The molecule has 120 valence electrons. The highest BCUT2D eigenvalue weighted by Crippen LogP contribution is 2.39. The van der Waals surface area contributed by atoms with E-state index in [4.69, 9.17) is 10.3 Å². The number of nitrogens with zero attached hydrogens (tertiary/aromatic N) is 2. The van der Waals surface area contributed by atoms with Crippen LogP contribution >= 0.6 is 0 Å². The number of anilines is 1. The van der Waals surface area contributed by atoms with Crippen LogP contribution in [0.2, 0.25) is 0 Å². The Bertz CT molecular complexity index is 767. The molecule has 1 aromatic heterocycles. The number of carbonyl (C=O) groups is 1. The molecular weight excluding hydrogens is 299 g/mol. The summed E-state index contributed by atoms with van der Waals surface area (Å²) < 4.78 is 18.8. The zero-order valence-electron chi connectivity index (χ0n) is 12.5. The fraction of sp³-hybridized carbons (Fsp3) is 0.438. The van der Waals surface area contributed by atoms with E-state index in [9.17, 15) is 9.18 Å². The first-order valence-corrected chi connectivity index (χ1v) is 7.77. The molecule has 1 fully saturated rings. The minimum Gasteiger partial charge on any atom is -0.339 e. The number of nitrogens with one attached hydrogen (secondary N) is 1. The third-order valence-electron chi connectivity index (χ3n) is 4.74. The molecular formula is C16H17FN4O2. The summed E-state index contributed by atoms with van der Waals surface area (Å²) in [7, 11) is 0. The maximum Gasteiger partial charge on any atom is 0.234 e. The zero-order valence-corrected chi connectivity index (χ0v) is 12.5. The van der Waals surface area contributed by atoms with Crippen molar-refractivity contribution < 1.29 is 13.7 Å². The highest BCUT2D eigenvalue weighted by Gasteiger charge is 2.38. The van der Waals surface area contributed by atoms with Gasteiger partial charge in [0.2, 0.25) is 11.8 Å². The Kier molecular flexibility index (Phi) is 3.19. The number of rotatable bonds is 2. The van der Waals surface area contributed by atoms with Crippen LogP contribution in [0.3, 0.4) is 0 Å². The number of hydrogen-bond acceptors (Lipinski definition) is 5. The van der Waals surface area contributed by atoms with Crippen molar-refractivity contribution in [1.82, 2.24) is 10.1 Å². The van der Waals surface area contributed by atoms with Crippen LogP contribution in [-0.2, 0) is 10.3 Å². The Morgan fingerprint density at radius 3 is 2.91 bits per heavy atom. The van der Waals surface area contributed by atoms with E-state index >= 15 is 0 Å². The van der Waals surface area contributed by atoms with E-state index in [1.807, 2.05) is 0 Å². The largest absolute Gasteiger partial charge is 0.339 e. The molecule has 0 spiro atoms. The Morgan fingerprint density at radius 2 is 2.13 bits per heavy atom. The molecule has 2 aliphatic rings. The van der Waals surface area contributed by atoms with Gasteiger partial charge in [-0.05, 0) is 30.5 Å². The second-order valence-electron chi connectivity index (χ2n) is 6.36. The number of nitrogens with two attached hydrogens (primary N) is 1. The second kappa shape index (κ2) is 5.13. The summed E-state index contributed by atoms with van der Waals surface area (Å²) in [5.74, 6) is -0.108. The van der Waals surface area contributed by atoms with Crippen molar-refractivity contribution in [2.45, 2.75) is 43.6 Å². The molecule has 6 nitrogen and oxygen atoms in total. The number of fused-ring (bicyclic) bond motifs is 1. The van der Waals surface area contributed by atoms with Gasteiger partial charge in [-0.3, -0.25) is 4.79 Å². The van der Waals surface area contributed by atoms with Crippen LogP contribution in [0.25, 0.3) is 0 Å². The van der Waals surface area contributed by atoms with Gasteiger partial charge in [-0.15, -0.1) is 0 Å². The number of aromatic nitrogens is 2. The topological polar surface area (TPSA) is 94.0 Å². The molecule has 2 heterocycles. The summed E-state index contributed by atoms with van der Waals surface area (Å²) in [6.07, 6.45) is 3.96. The summed E-state index contributed by atoms with van der Waals surface area (Å²) >= 11 is 0. The van der Waals surface area contributed by atoms with Crippen LogP contribution in [0.4, 0.5) is 10.1 Å². The lowest BCUT2D eigenvalue weighted by Gasteiger charge is -2.23. The summed E-state index contributed by atoms with van der Waals surface area (Å²) in [4.78, 5) is 16.4. The smallest absolute Gasteiger partial charge is 0.234 e. The van der Waals surface area contributed by atoms with Gasteiger partial charge in [0, 0.05) is 12.1 Å². The Morgan fingerprint density at radius 1 is 1.35 bits per heavy atom. The normalized spacial score (nSPS) is 22.7. The van der Waals surface area contributed by atoms with Crippen LogP contribution in [0.15, 0.2) is 22.7 Å². The van der Waals surface area contributed by atoms with E-state index in [0.717, 1.165) is 31.2 Å². The van der Waals surface area contributed by atoms with E-state index in [2.05, 4.69) is 15.5 Å². The number of hydrogen-bond donors (Lipinski definition) is 2. The molecule has 0 bridgehead atoms. The van der Waals surface area contributed by atoms with Crippen LogP contribution in [-0.4, -0.2) is 16.0 Å². The summed E-state index contributed by atoms with van der Waals surface area (Å²) in [6.45, 7) is 0. The van der Waals surface area contributed by atoms with Gasteiger partial charge in [0.05, 0.1) is 11.5 Å². The third kappa shape index (κ3) is 2.41. The fourth-order valence-corrected chi connectivity index (χ4v) is 3.47. The first kappa shape index (κ1) is 14.3. The predicted molar refractivity (Wildman–Crippen MR) is 80.1 cm³/mol. The minimum atomic E-state index is -0.537. The van der Waals surface area contributed by atoms with Gasteiger partial charge >= 0.3 is 0 Å². The average molecular weight is 316 g/mol. The molecule has 0 radical (unpaired) electrons. The van der Waals surface area contributed by atoms with Crippen molar-refractivity contribution in [1.29, 1.82) is 0 Å². The molecule has 4 rings (SSSR count). The highest BCUT2D eigenvalue weighted by molar-refractivity contribution is 5.95. The molecule has 7 heteroatoms. The number of halogens is 1. The third-order valence-corrected chi connectivity index (χ3v) is 4.74. The first-order valence-electron chi connectivity index (χ1n) is 7.77. The van der Waals surface area contributed by atoms with E-state index < -0.39 is 11.4 Å². The molecule has 1 atom stereocenters. The zero-order chi connectivity index (χ0) is 16.0. The maximum atomic E-state index is 13.4. The van der Waals surface area contributed by atoms with Gasteiger partial charge in [0.1, 0.15) is 5.82 Å². The van der Waals surface area contributed by atoms with Gasteiger partial charge in [-0.1, -0.05) is 24.1 Å². The molecule has 1 unspecified atom stereocenters. The van der Waals surface area contributed by atoms with Gasteiger partial charge < -0.3 is 15.6 Å². The maximum absolute atomic E-state index is 13.4. The highest BCUT2D eigenvalue weighted by atomic mass is 19.1. The van der Waals surface area contributed by atoms with Gasteiger partial charge in [0.25, 0.3) is 0 Å². The standard InChI is InChI=1S/C16H17FN4O2/c17-9-3-4-10-11(8-13(22)19-12(10)7-9)14-20-15(21-23-14)16(18)5-1-2-6-16/h3-4,7,11H,1-2,5-6,8,18H2,(H,19,22). The number of amides is 1. The Labute approximate surface area is 132 Å². The van der Waals surface area contributed by atoms with Crippen LogP contribution < -0.4 is 11.1 Å². The molecule has 1 aliphatic heterocycles. The summed E-state index contributed by atoms with van der Waals surface area (Å²) in [5, 5.41) is 6.72. The van der Waals surface area contributed by atoms with Crippen molar-refractivity contribution in [3.05, 3.63) is 41.3 Å². The lowest BCUT2D eigenvalue weighted by Crippen LogP contribution is -2.34. The van der Waals surface area contributed by atoms with Crippen LogP contribution in [0.1, 0.15) is 55.3 Å². The van der Waals surface area contributed by atoms with Crippen LogP contribution in [0.5, 0.6) is 0 Å². The summed E-state index contributed by atoms with van der Waals surface area (Å²) in [6, 6.07) is 4.31. The predicted octanol–water partition coefficient (Wildman–Crippen LogP) is 2.41. The quantitative estimate of drug-likeness (QED) is 0.887. The number of carbonyl (C=O) groups excluding carboxylic acids is 1. The monoisotopic (exact) mass is 316 g/mol. The van der Waals surface area contributed by atoms with Gasteiger partial charge in [-0.2, -0.15) is 4.98 Å². The first-order chi connectivity index (χ1) is 11.0. The van der Waals surface area contributed by atoms with Crippen molar-refractivity contribution >= 4 is 11.6 Å². The van der Waals surface area contributed by atoms with Crippen molar-refractivity contribution in [2.75, 3.05) is 5.32 Å². The van der Waals surface area contributed by atoms with Gasteiger partial charge in [0.15, 0.2) is 5.82 Å². The lowest BCUT2D eigenvalue weighted by atomic mass is 9.90. The molecule has 3 N–H and O–H groups in total. The van der Waals surface area contributed by atoms with Crippen molar-refractivity contribution in [3.63, 3.8) is 0 Å². The van der Waals surface area contributed by atoms with Gasteiger partial charge in [-0.25, -0.2) is 4.39 Å². The van der Waals surface area contributed by atoms with Crippen LogP contribution in [0, 0.1) is 5.82 Å². The Hall–Kier alpha value is -2.28. The molecule has 0 saturated heterocycles. The van der Waals surface area contributed by atoms with E-state index in [1.165, 1.54) is 12.1 Å². The number of benzene rings is 1. The van der Waals surface area contributed by atoms with Crippen molar-refractivity contribution in [2.24, 2.45) is 5.73 Å². The molecule has 2 aromatic rings. The Balaban J connectivity index is 1.71. The lowest BCUT2D eigenvalue weighted by molar-refractivity contribution is -0.116. The molecule has 23 heavy (non-hydrogen) atoms. The van der Waals surface area contributed by atoms with E-state index in [-0.39, 0.29) is 18.2 Å². The summed E-state index contributed by atoms with van der Waals surface area (Å²) in [5.41, 5.74) is 7.04. The fourth-order valence-electron chi connectivity index (χ4n) is 3.47. The molecule has 1 saturated carbocycles.